The van der Waals surface area contributed by atoms with Gasteiger partial charge in [-0.3, -0.25) is 0 Å². The Balaban J connectivity index is 1.92. The van der Waals surface area contributed by atoms with E-state index in [1.54, 1.807) is 29.2 Å². The van der Waals surface area contributed by atoms with Gasteiger partial charge in [-0.15, -0.1) is 0 Å². The second kappa shape index (κ2) is 4.30. The van der Waals surface area contributed by atoms with Gasteiger partial charge >= 0.3 is 0 Å². The molecule has 0 radical (unpaired) electrons. The van der Waals surface area contributed by atoms with Crippen molar-refractivity contribution in [2.24, 2.45) is 0 Å². The van der Waals surface area contributed by atoms with Crippen LogP contribution in [0.15, 0.2) is 36.7 Å². The fourth-order valence-corrected chi connectivity index (χ4v) is 1.90. The van der Waals surface area contributed by atoms with Gasteiger partial charge < -0.3 is 5.32 Å². The fourth-order valence-electron chi connectivity index (χ4n) is 1.90. The average molecular weight is 231 g/mol. The van der Waals surface area contributed by atoms with Crippen LogP contribution in [0.5, 0.6) is 0 Å². The van der Waals surface area contributed by atoms with Gasteiger partial charge in [0.15, 0.2) is 0 Å². The Hall–Kier alpha value is -1.68. The van der Waals surface area contributed by atoms with Gasteiger partial charge in [-0.25, -0.2) is 9.07 Å². The van der Waals surface area contributed by atoms with E-state index >= 15 is 0 Å². The number of benzene rings is 1. The first-order valence-electron chi connectivity index (χ1n) is 5.85. The van der Waals surface area contributed by atoms with Gasteiger partial charge in [0, 0.05) is 25.0 Å². The molecule has 1 N–H and O–H groups in total. The van der Waals surface area contributed by atoms with Crippen LogP contribution in [0.1, 0.15) is 18.4 Å². The Kier molecular flexibility index (Phi) is 2.65. The van der Waals surface area contributed by atoms with E-state index in [1.165, 1.54) is 18.9 Å². The van der Waals surface area contributed by atoms with Gasteiger partial charge in [0.25, 0.3) is 0 Å². The van der Waals surface area contributed by atoms with E-state index in [0.717, 1.165) is 5.56 Å². The van der Waals surface area contributed by atoms with Gasteiger partial charge in [-0.1, -0.05) is 12.1 Å². The molecule has 0 unspecified atom stereocenters. The van der Waals surface area contributed by atoms with E-state index in [2.05, 4.69) is 10.4 Å². The summed E-state index contributed by atoms with van der Waals surface area (Å²) >= 11 is 0. The molecule has 1 heterocycles. The number of nitrogens with one attached hydrogen (secondary N) is 1. The van der Waals surface area contributed by atoms with Crippen LogP contribution >= 0.6 is 0 Å². The SMILES string of the molecule is Fc1cccc(CNC2CC2)c1-n1cccn1. The number of para-hydroxylation sites is 1. The first-order valence-corrected chi connectivity index (χ1v) is 5.85. The highest BCUT2D eigenvalue weighted by Gasteiger charge is 2.21. The molecular weight excluding hydrogens is 217 g/mol. The zero-order valence-electron chi connectivity index (χ0n) is 9.44. The summed E-state index contributed by atoms with van der Waals surface area (Å²) in [7, 11) is 0. The minimum absolute atomic E-state index is 0.233. The molecule has 3 rings (SSSR count). The van der Waals surface area contributed by atoms with Crippen LogP contribution in [0, 0.1) is 5.82 Å². The third-order valence-corrected chi connectivity index (χ3v) is 2.96. The van der Waals surface area contributed by atoms with Crippen molar-refractivity contribution in [2.45, 2.75) is 25.4 Å². The molecular formula is C13H14FN3. The van der Waals surface area contributed by atoms with Gasteiger partial charge in [0.2, 0.25) is 0 Å². The summed E-state index contributed by atoms with van der Waals surface area (Å²) in [6, 6.07) is 7.56. The summed E-state index contributed by atoms with van der Waals surface area (Å²) in [4.78, 5) is 0. The van der Waals surface area contributed by atoms with Crippen LogP contribution in [0.3, 0.4) is 0 Å². The molecule has 1 saturated carbocycles. The molecule has 0 aliphatic heterocycles. The summed E-state index contributed by atoms with van der Waals surface area (Å²) in [5.41, 5.74) is 1.49. The van der Waals surface area contributed by atoms with Crippen molar-refractivity contribution in [3.63, 3.8) is 0 Å². The molecule has 1 aliphatic carbocycles. The summed E-state index contributed by atoms with van der Waals surface area (Å²) in [5, 5.41) is 7.49. The van der Waals surface area contributed by atoms with Crippen LogP contribution in [0.4, 0.5) is 4.39 Å². The maximum atomic E-state index is 13.9. The van der Waals surface area contributed by atoms with Crippen molar-refractivity contribution < 1.29 is 4.39 Å². The van der Waals surface area contributed by atoms with Crippen molar-refractivity contribution >= 4 is 0 Å². The molecule has 0 bridgehead atoms. The molecule has 1 aromatic heterocycles. The molecule has 0 atom stereocenters. The molecule has 1 fully saturated rings. The predicted molar refractivity (Wildman–Crippen MR) is 63.4 cm³/mol. The number of hydrogen-bond donors (Lipinski definition) is 1. The third-order valence-electron chi connectivity index (χ3n) is 2.96. The summed E-state index contributed by atoms with van der Waals surface area (Å²) < 4.78 is 15.4. The number of rotatable bonds is 4. The van der Waals surface area contributed by atoms with Crippen LogP contribution < -0.4 is 5.32 Å². The minimum Gasteiger partial charge on any atom is -0.310 e. The Labute approximate surface area is 99.3 Å². The van der Waals surface area contributed by atoms with E-state index in [1.807, 2.05) is 6.07 Å². The number of aromatic nitrogens is 2. The molecule has 0 spiro atoms. The second-order valence-electron chi connectivity index (χ2n) is 4.35. The first-order chi connectivity index (χ1) is 8.34. The van der Waals surface area contributed by atoms with Crippen molar-refractivity contribution in [3.05, 3.63) is 48.0 Å². The Morgan fingerprint density at radius 3 is 2.94 bits per heavy atom. The van der Waals surface area contributed by atoms with Gasteiger partial charge in [-0.05, 0) is 30.5 Å². The highest BCUT2D eigenvalue weighted by molar-refractivity contribution is 5.41. The lowest BCUT2D eigenvalue weighted by atomic mass is 10.1. The Morgan fingerprint density at radius 1 is 1.35 bits per heavy atom. The topological polar surface area (TPSA) is 29.9 Å². The molecule has 3 nitrogen and oxygen atoms in total. The van der Waals surface area contributed by atoms with Crippen LogP contribution in [0.25, 0.3) is 5.69 Å². The van der Waals surface area contributed by atoms with E-state index in [4.69, 9.17) is 0 Å². The fraction of sp³-hybridized carbons (Fsp3) is 0.308. The first kappa shape index (κ1) is 10.5. The van der Waals surface area contributed by atoms with E-state index < -0.39 is 0 Å². The quantitative estimate of drug-likeness (QED) is 0.874. The normalized spacial score (nSPS) is 15.1. The van der Waals surface area contributed by atoms with E-state index in [9.17, 15) is 4.39 Å². The van der Waals surface area contributed by atoms with Crippen LogP contribution in [0.2, 0.25) is 0 Å². The molecule has 0 saturated heterocycles. The zero-order chi connectivity index (χ0) is 11.7. The molecule has 1 aromatic carbocycles. The molecule has 88 valence electrons. The molecule has 17 heavy (non-hydrogen) atoms. The molecule has 1 aliphatic rings. The smallest absolute Gasteiger partial charge is 0.149 e. The van der Waals surface area contributed by atoms with E-state index in [0.29, 0.717) is 18.3 Å². The molecule has 4 heteroatoms. The van der Waals surface area contributed by atoms with Gasteiger partial charge in [-0.2, -0.15) is 5.10 Å². The third kappa shape index (κ3) is 2.22. The van der Waals surface area contributed by atoms with Crippen LogP contribution in [-0.2, 0) is 6.54 Å². The highest BCUT2D eigenvalue weighted by atomic mass is 19.1. The van der Waals surface area contributed by atoms with Crippen molar-refractivity contribution in [1.29, 1.82) is 0 Å². The van der Waals surface area contributed by atoms with Gasteiger partial charge in [0.1, 0.15) is 11.5 Å². The Morgan fingerprint density at radius 2 is 2.24 bits per heavy atom. The lowest BCUT2D eigenvalue weighted by Crippen LogP contribution is -2.17. The monoisotopic (exact) mass is 231 g/mol. The second-order valence-corrected chi connectivity index (χ2v) is 4.35. The van der Waals surface area contributed by atoms with E-state index in [-0.39, 0.29) is 5.82 Å². The van der Waals surface area contributed by atoms with Crippen molar-refractivity contribution in [3.8, 4) is 5.69 Å². The van der Waals surface area contributed by atoms with Gasteiger partial charge in [0.05, 0.1) is 0 Å². The molecule has 0 amide bonds. The molecule has 2 aromatic rings. The highest BCUT2D eigenvalue weighted by Crippen LogP contribution is 2.22. The Bertz CT molecular complexity index is 503. The largest absolute Gasteiger partial charge is 0.310 e. The maximum absolute atomic E-state index is 13.9. The number of hydrogen-bond acceptors (Lipinski definition) is 2. The van der Waals surface area contributed by atoms with Crippen LogP contribution in [-0.4, -0.2) is 15.8 Å². The zero-order valence-corrected chi connectivity index (χ0v) is 9.44. The average Bonchev–Trinajstić information content (AvgIpc) is 3.01. The predicted octanol–water partition coefficient (Wildman–Crippen LogP) is 2.26. The maximum Gasteiger partial charge on any atom is 0.149 e. The lowest BCUT2D eigenvalue weighted by Gasteiger charge is -2.11. The van der Waals surface area contributed by atoms with Crippen molar-refractivity contribution in [2.75, 3.05) is 0 Å². The standard InChI is InChI=1S/C13H14FN3/c14-12-4-1-3-10(9-15-11-5-6-11)13(12)17-8-2-7-16-17/h1-4,7-8,11,15H,5-6,9H2. The number of nitrogens with zero attached hydrogens (tertiary/aromatic N) is 2. The van der Waals surface area contributed by atoms with Crippen molar-refractivity contribution in [1.82, 2.24) is 15.1 Å². The summed E-state index contributed by atoms with van der Waals surface area (Å²) in [6.07, 6.45) is 5.88. The summed E-state index contributed by atoms with van der Waals surface area (Å²) in [6.45, 7) is 0.692. The minimum atomic E-state index is -0.233. The summed E-state index contributed by atoms with van der Waals surface area (Å²) in [5.74, 6) is -0.233. The lowest BCUT2D eigenvalue weighted by molar-refractivity contribution is 0.600. The number of halogens is 1.